The van der Waals surface area contributed by atoms with E-state index in [1.54, 1.807) is 12.4 Å². The van der Waals surface area contributed by atoms with E-state index < -0.39 is 6.10 Å². The van der Waals surface area contributed by atoms with E-state index in [1.807, 2.05) is 30.3 Å². The maximum absolute atomic E-state index is 11.2. The van der Waals surface area contributed by atoms with Crippen LogP contribution in [-0.4, -0.2) is 63.9 Å². The minimum absolute atomic E-state index is 0.229. The Morgan fingerprint density at radius 2 is 2.00 bits per heavy atom. The third-order valence-electron chi connectivity index (χ3n) is 6.98. The molecule has 0 bridgehead atoms. The van der Waals surface area contributed by atoms with Crippen LogP contribution in [0.15, 0.2) is 65.7 Å². The third-order valence-corrected chi connectivity index (χ3v) is 6.98. The Morgan fingerprint density at radius 3 is 2.76 bits per heavy atom. The SMILES string of the molecule is O=c1ccc(-c2ccc3c(c2)ncn3CCNCC(O)COc2ccc(CCOCC3CCC3)cc2)n[nH]1. The fourth-order valence-corrected chi connectivity index (χ4v) is 4.48. The number of aliphatic hydroxyl groups is 1. The number of benzene rings is 2. The van der Waals surface area contributed by atoms with Crippen LogP contribution in [0.25, 0.3) is 22.3 Å². The number of imidazole rings is 1. The Labute approximate surface area is 221 Å². The number of hydrogen-bond acceptors (Lipinski definition) is 7. The van der Waals surface area contributed by atoms with Gasteiger partial charge in [0.2, 0.25) is 0 Å². The minimum atomic E-state index is -0.610. The molecule has 9 heteroatoms. The quantitative estimate of drug-likeness (QED) is 0.220. The molecule has 2 aromatic heterocycles. The average Bonchev–Trinajstić information content (AvgIpc) is 3.32. The van der Waals surface area contributed by atoms with Crippen molar-refractivity contribution in [1.82, 2.24) is 25.1 Å². The first-order valence-electron chi connectivity index (χ1n) is 13.3. The van der Waals surface area contributed by atoms with Gasteiger partial charge in [0.25, 0.3) is 5.56 Å². The van der Waals surface area contributed by atoms with E-state index in [-0.39, 0.29) is 12.2 Å². The number of ether oxygens (including phenoxy) is 2. The summed E-state index contributed by atoms with van der Waals surface area (Å²) in [6, 6.07) is 17.1. The van der Waals surface area contributed by atoms with Crippen molar-refractivity contribution < 1.29 is 14.6 Å². The summed E-state index contributed by atoms with van der Waals surface area (Å²) in [5, 5.41) is 20.1. The van der Waals surface area contributed by atoms with Gasteiger partial charge >= 0.3 is 0 Å². The lowest BCUT2D eigenvalue weighted by Gasteiger charge is -2.24. The summed E-state index contributed by atoms with van der Waals surface area (Å²) >= 11 is 0. The summed E-state index contributed by atoms with van der Waals surface area (Å²) in [6.45, 7) is 3.71. The standard InChI is InChI=1S/C29H35N5O4/c35-24(19-38-25-7-4-21(5-8-25)12-15-37-18-22-2-1-3-22)17-30-13-14-34-20-31-27-16-23(6-10-28(27)34)26-9-11-29(36)33-32-26/h4-11,16,20,22,24,30,35H,1-3,12-15,17-19H2,(H,33,36). The van der Waals surface area contributed by atoms with Gasteiger partial charge in [-0.2, -0.15) is 5.10 Å². The highest BCUT2D eigenvalue weighted by atomic mass is 16.5. The average molecular weight is 518 g/mol. The van der Waals surface area contributed by atoms with Gasteiger partial charge in [-0.1, -0.05) is 24.6 Å². The van der Waals surface area contributed by atoms with Crippen LogP contribution >= 0.6 is 0 Å². The first-order chi connectivity index (χ1) is 18.6. The molecule has 1 atom stereocenters. The van der Waals surface area contributed by atoms with E-state index in [9.17, 15) is 9.90 Å². The summed E-state index contributed by atoms with van der Waals surface area (Å²) in [5.74, 6) is 1.53. The van der Waals surface area contributed by atoms with Crippen molar-refractivity contribution >= 4 is 11.0 Å². The van der Waals surface area contributed by atoms with E-state index in [2.05, 4.69) is 37.2 Å². The Bertz CT molecular complexity index is 1340. The van der Waals surface area contributed by atoms with Gasteiger partial charge in [-0.25, -0.2) is 10.1 Å². The van der Waals surface area contributed by atoms with Gasteiger partial charge in [-0.3, -0.25) is 4.79 Å². The third kappa shape index (κ3) is 7.06. The largest absolute Gasteiger partial charge is 0.491 e. The molecule has 4 aromatic rings. The van der Waals surface area contributed by atoms with Gasteiger partial charge in [-0.05, 0) is 61.1 Å². The maximum Gasteiger partial charge on any atom is 0.264 e. The molecule has 2 heterocycles. The van der Waals surface area contributed by atoms with Crippen LogP contribution in [-0.2, 0) is 17.7 Å². The monoisotopic (exact) mass is 517 g/mol. The zero-order chi connectivity index (χ0) is 26.2. The second-order valence-corrected chi connectivity index (χ2v) is 9.88. The fraction of sp³-hybridized carbons (Fsp3) is 0.414. The maximum atomic E-state index is 11.2. The first-order valence-corrected chi connectivity index (χ1v) is 13.3. The van der Waals surface area contributed by atoms with Gasteiger partial charge in [0.05, 0.1) is 29.7 Å². The number of aliphatic hydroxyl groups excluding tert-OH is 1. The molecular weight excluding hydrogens is 482 g/mol. The molecule has 1 aliphatic rings. The summed E-state index contributed by atoms with van der Waals surface area (Å²) in [7, 11) is 0. The number of H-pyrrole nitrogens is 1. The Hall–Kier alpha value is -3.53. The molecule has 1 unspecified atom stereocenters. The van der Waals surface area contributed by atoms with Crippen LogP contribution in [0.3, 0.4) is 0 Å². The van der Waals surface area contributed by atoms with E-state index in [0.717, 1.165) is 47.9 Å². The Balaban J connectivity index is 0.996. The van der Waals surface area contributed by atoms with Crippen molar-refractivity contribution in [3.05, 3.63) is 76.8 Å². The number of hydrogen-bond donors (Lipinski definition) is 3. The van der Waals surface area contributed by atoms with Gasteiger partial charge in [0.1, 0.15) is 18.5 Å². The number of nitrogens with one attached hydrogen (secondary N) is 2. The second-order valence-electron chi connectivity index (χ2n) is 9.88. The highest BCUT2D eigenvalue weighted by molar-refractivity contribution is 5.81. The molecule has 3 N–H and O–H groups in total. The normalized spacial score (nSPS) is 14.4. The zero-order valence-electron chi connectivity index (χ0n) is 21.5. The topological polar surface area (TPSA) is 114 Å². The summed E-state index contributed by atoms with van der Waals surface area (Å²) in [5.41, 5.74) is 4.45. The fourth-order valence-electron chi connectivity index (χ4n) is 4.48. The molecule has 38 heavy (non-hydrogen) atoms. The van der Waals surface area contributed by atoms with Crippen molar-refractivity contribution in [3.63, 3.8) is 0 Å². The van der Waals surface area contributed by atoms with E-state index in [0.29, 0.717) is 25.3 Å². The predicted molar refractivity (Wildman–Crippen MR) is 146 cm³/mol. The van der Waals surface area contributed by atoms with Crippen molar-refractivity contribution in [2.24, 2.45) is 5.92 Å². The van der Waals surface area contributed by atoms with Crippen molar-refractivity contribution in [1.29, 1.82) is 0 Å². The van der Waals surface area contributed by atoms with Crippen molar-refractivity contribution in [2.75, 3.05) is 32.9 Å². The van der Waals surface area contributed by atoms with Gasteiger partial charge in [0.15, 0.2) is 0 Å². The molecular formula is C29H35N5O4. The van der Waals surface area contributed by atoms with E-state index >= 15 is 0 Å². The molecule has 0 amide bonds. The van der Waals surface area contributed by atoms with Crippen LogP contribution in [0, 0.1) is 5.92 Å². The highest BCUT2D eigenvalue weighted by Gasteiger charge is 2.17. The van der Waals surface area contributed by atoms with E-state index in [1.165, 1.54) is 30.9 Å². The molecule has 1 aliphatic carbocycles. The molecule has 0 spiro atoms. The van der Waals surface area contributed by atoms with E-state index in [4.69, 9.17) is 9.47 Å². The van der Waals surface area contributed by atoms with Crippen LogP contribution in [0.1, 0.15) is 24.8 Å². The molecule has 9 nitrogen and oxygen atoms in total. The Kier molecular flexibility index (Phi) is 8.80. The number of nitrogens with zero attached hydrogens (tertiary/aromatic N) is 3. The summed E-state index contributed by atoms with van der Waals surface area (Å²) in [6.07, 6.45) is 6.08. The molecule has 0 saturated heterocycles. The van der Waals surface area contributed by atoms with Gasteiger partial charge < -0.3 is 24.5 Å². The zero-order valence-corrected chi connectivity index (χ0v) is 21.5. The predicted octanol–water partition coefficient (Wildman–Crippen LogP) is 3.18. The lowest BCUT2D eigenvalue weighted by atomic mass is 9.86. The number of aromatic nitrogens is 4. The van der Waals surface area contributed by atoms with Crippen LogP contribution in [0.5, 0.6) is 5.75 Å². The van der Waals surface area contributed by atoms with Crippen molar-refractivity contribution in [2.45, 2.75) is 38.3 Å². The molecule has 0 radical (unpaired) electrons. The molecule has 2 aromatic carbocycles. The second kappa shape index (κ2) is 12.8. The van der Waals surface area contributed by atoms with Crippen LogP contribution in [0.2, 0.25) is 0 Å². The van der Waals surface area contributed by atoms with Crippen LogP contribution in [0.4, 0.5) is 0 Å². The van der Waals surface area contributed by atoms with Crippen LogP contribution < -0.4 is 15.6 Å². The smallest absolute Gasteiger partial charge is 0.264 e. The molecule has 200 valence electrons. The number of rotatable bonds is 14. The highest BCUT2D eigenvalue weighted by Crippen LogP contribution is 2.26. The molecule has 0 aliphatic heterocycles. The number of fused-ring (bicyclic) bond motifs is 1. The van der Waals surface area contributed by atoms with Gasteiger partial charge in [0, 0.05) is 37.9 Å². The molecule has 1 saturated carbocycles. The molecule has 1 fully saturated rings. The lowest BCUT2D eigenvalue weighted by Crippen LogP contribution is -2.33. The summed E-state index contributed by atoms with van der Waals surface area (Å²) < 4.78 is 13.6. The minimum Gasteiger partial charge on any atom is -0.491 e. The van der Waals surface area contributed by atoms with Gasteiger partial charge in [-0.15, -0.1) is 0 Å². The molecule has 5 rings (SSSR count). The Morgan fingerprint density at radius 1 is 1.13 bits per heavy atom. The lowest BCUT2D eigenvalue weighted by molar-refractivity contribution is 0.0722. The summed E-state index contributed by atoms with van der Waals surface area (Å²) in [4.78, 5) is 15.7. The first kappa shape index (κ1) is 26.1. The number of aromatic amines is 1. The van der Waals surface area contributed by atoms with Crippen molar-refractivity contribution in [3.8, 4) is 17.0 Å².